The zero-order valence-corrected chi connectivity index (χ0v) is 12.0. The molecule has 0 saturated heterocycles. The van der Waals surface area contributed by atoms with Crippen molar-refractivity contribution in [3.8, 4) is 0 Å². The zero-order valence-electron chi connectivity index (χ0n) is 10.4. The highest BCUT2D eigenvalue weighted by Gasteiger charge is 2.24. The average molecular weight is 293 g/mol. The van der Waals surface area contributed by atoms with Gasteiger partial charge in [0.05, 0.1) is 10.8 Å². The second kappa shape index (κ2) is 6.13. The molecule has 0 N–H and O–H groups in total. The van der Waals surface area contributed by atoms with Gasteiger partial charge in [0.25, 0.3) is 0 Å². The third-order valence-corrected chi connectivity index (χ3v) is 3.94. The van der Waals surface area contributed by atoms with E-state index in [-0.39, 0.29) is 18.0 Å². The van der Waals surface area contributed by atoms with Gasteiger partial charge >= 0.3 is 0 Å². The van der Waals surface area contributed by atoms with Crippen molar-refractivity contribution < 1.29 is 9.59 Å². The minimum absolute atomic E-state index is 0.00474. The summed E-state index contributed by atoms with van der Waals surface area (Å²) in [6.45, 7) is 1.50. The van der Waals surface area contributed by atoms with E-state index in [1.165, 1.54) is 18.3 Å². The lowest BCUT2D eigenvalue weighted by atomic mass is 9.89. The van der Waals surface area contributed by atoms with Crippen LogP contribution in [-0.2, 0) is 4.79 Å². The van der Waals surface area contributed by atoms with E-state index in [1.54, 1.807) is 24.3 Å². The van der Waals surface area contributed by atoms with Crippen molar-refractivity contribution in [2.45, 2.75) is 19.3 Å². The Kier molecular flexibility index (Phi) is 4.51. The largest absolute Gasteiger partial charge is 0.300 e. The summed E-state index contributed by atoms with van der Waals surface area (Å²) in [7, 11) is 0. The van der Waals surface area contributed by atoms with Gasteiger partial charge in [-0.05, 0) is 36.1 Å². The molecule has 0 saturated carbocycles. The molecule has 0 bridgehead atoms. The highest BCUT2D eigenvalue weighted by Crippen LogP contribution is 2.28. The summed E-state index contributed by atoms with van der Waals surface area (Å²) in [5.41, 5.74) is 0.793. The summed E-state index contributed by atoms with van der Waals surface area (Å²) in [5, 5.41) is 2.43. The molecule has 0 radical (unpaired) electrons. The molecule has 0 aliphatic heterocycles. The third-order valence-electron chi connectivity index (χ3n) is 2.82. The second-order valence-corrected chi connectivity index (χ2v) is 5.74. The Balaban J connectivity index is 2.36. The molecule has 2 rings (SSSR count). The number of thiophene rings is 1. The van der Waals surface area contributed by atoms with E-state index in [2.05, 4.69) is 0 Å². The molecule has 1 aromatic carbocycles. The molecule has 1 heterocycles. The third kappa shape index (κ3) is 3.52. The maximum absolute atomic E-state index is 12.5. The van der Waals surface area contributed by atoms with Gasteiger partial charge in [0.15, 0.2) is 5.78 Å². The van der Waals surface area contributed by atoms with E-state index in [9.17, 15) is 9.59 Å². The quantitative estimate of drug-likeness (QED) is 0.768. The predicted octanol–water partition coefficient (Wildman–Crippen LogP) is 4.35. The van der Waals surface area contributed by atoms with Crippen LogP contribution in [0.1, 0.15) is 34.5 Å². The number of Topliss-reactive ketones (excluding diaryl/α,β-unsaturated/α-hetero) is 2. The molecule has 0 aliphatic carbocycles. The van der Waals surface area contributed by atoms with Gasteiger partial charge in [-0.1, -0.05) is 29.8 Å². The van der Waals surface area contributed by atoms with E-state index < -0.39 is 5.92 Å². The van der Waals surface area contributed by atoms with Gasteiger partial charge in [0, 0.05) is 11.4 Å². The van der Waals surface area contributed by atoms with E-state index >= 15 is 0 Å². The van der Waals surface area contributed by atoms with Gasteiger partial charge in [-0.2, -0.15) is 0 Å². The number of halogens is 1. The monoisotopic (exact) mass is 292 g/mol. The van der Waals surface area contributed by atoms with Gasteiger partial charge in [-0.3, -0.25) is 9.59 Å². The number of benzene rings is 1. The van der Waals surface area contributed by atoms with Crippen molar-refractivity contribution in [2.75, 3.05) is 0 Å². The first-order valence-corrected chi connectivity index (χ1v) is 7.16. The molecule has 1 unspecified atom stereocenters. The standard InChI is InChI=1S/C15H13ClO2S/c1-10(17)8-13(11-4-2-5-12(16)9-11)15(18)14-6-3-7-19-14/h2-7,9,13H,8H2,1H3. The van der Waals surface area contributed by atoms with Gasteiger partial charge in [-0.25, -0.2) is 0 Å². The number of hydrogen-bond donors (Lipinski definition) is 0. The van der Waals surface area contributed by atoms with Crippen molar-refractivity contribution in [3.05, 3.63) is 57.2 Å². The van der Waals surface area contributed by atoms with Crippen molar-refractivity contribution in [1.29, 1.82) is 0 Å². The first-order valence-electron chi connectivity index (χ1n) is 5.90. The molecule has 1 aromatic heterocycles. The maximum Gasteiger partial charge on any atom is 0.180 e. The Morgan fingerprint density at radius 3 is 2.63 bits per heavy atom. The Labute approximate surface area is 121 Å². The summed E-state index contributed by atoms with van der Waals surface area (Å²) in [5.74, 6) is -0.475. The normalized spacial score (nSPS) is 12.1. The number of carbonyl (C=O) groups excluding carboxylic acids is 2. The van der Waals surface area contributed by atoms with Crippen molar-refractivity contribution in [2.24, 2.45) is 0 Å². The number of ketones is 2. The lowest BCUT2D eigenvalue weighted by molar-refractivity contribution is -0.117. The van der Waals surface area contributed by atoms with Crippen molar-refractivity contribution >= 4 is 34.5 Å². The summed E-state index contributed by atoms with van der Waals surface area (Å²) < 4.78 is 0. The van der Waals surface area contributed by atoms with Crippen LogP contribution in [-0.4, -0.2) is 11.6 Å². The lowest BCUT2D eigenvalue weighted by Crippen LogP contribution is -2.15. The van der Waals surface area contributed by atoms with E-state index in [0.717, 1.165) is 5.56 Å². The Morgan fingerprint density at radius 2 is 2.05 bits per heavy atom. The van der Waals surface area contributed by atoms with Crippen LogP contribution in [0.15, 0.2) is 41.8 Å². The molecule has 0 spiro atoms. The molecule has 4 heteroatoms. The van der Waals surface area contributed by atoms with E-state index in [4.69, 9.17) is 11.6 Å². The molecule has 2 aromatic rings. The molecular weight excluding hydrogens is 280 g/mol. The highest BCUT2D eigenvalue weighted by atomic mass is 35.5. The molecule has 0 aliphatic rings. The zero-order chi connectivity index (χ0) is 13.8. The van der Waals surface area contributed by atoms with Crippen molar-refractivity contribution in [3.63, 3.8) is 0 Å². The Morgan fingerprint density at radius 1 is 1.26 bits per heavy atom. The van der Waals surface area contributed by atoms with Crippen LogP contribution in [0.4, 0.5) is 0 Å². The smallest absolute Gasteiger partial charge is 0.180 e. The second-order valence-electron chi connectivity index (χ2n) is 4.36. The molecular formula is C15H13ClO2S. The molecule has 98 valence electrons. The molecule has 1 atom stereocenters. The maximum atomic E-state index is 12.5. The van der Waals surface area contributed by atoms with Crippen LogP contribution in [0.25, 0.3) is 0 Å². The highest BCUT2D eigenvalue weighted by molar-refractivity contribution is 7.12. The fraction of sp³-hybridized carbons (Fsp3) is 0.200. The van der Waals surface area contributed by atoms with Gasteiger partial charge < -0.3 is 0 Å². The summed E-state index contributed by atoms with van der Waals surface area (Å²) in [6.07, 6.45) is 0.205. The summed E-state index contributed by atoms with van der Waals surface area (Å²) in [6, 6.07) is 10.8. The van der Waals surface area contributed by atoms with Crippen LogP contribution in [0, 0.1) is 0 Å². The fourth-order valence-corrected chi connectivity index (χ4v) is 2.88. The number of rotatable bonds is 5. The Hall–Kier alpha value is -1.45. The molecule has 0 amide bonds. The Bertz CT molecular complexity index is 590. The molecule has 2 nitrogen and oxygen atoms in total. The molecule has 19 heavy (non-hydrogen) atoms. The summed E-state index contributed by atoms with van der Waals surface area (Å²) >= 11 is 7.35. The number of carbonyl (C=O) groups is 2. The van der Waals surface area contributed by atoms with Gasteiger partial charge in [-0.15, -0.1) is 11.3 Å². The first-order chi connectivity index (χ1) is 9.08. The molecule has 0 fully saturated rings. The SMILES string of the molecule is CC(=O)CC(C(=O)c1cccs1)c1cccc(Cl)c1. The fourth-order valence-electron chi connectivity index (χ4n) is 1.96. The topological polar surface area (TPSA) is 34.1 Å². The minimum atomic E-state index is -0.449. The minimum Gasteiger partial charge on any atom is -0.300 e. The predicted molar refractivity (Wildman–Crippen MR) is 78.1 cm³/mol. The van der Waals surface area contributed by atoms with Crippen molar-refractivity contribution in [1.82, 2.24) is 0 Å². The van der Waals surface area contributed by atoms with Gasteiger partial charge in [0.2, 0.25) is 0 Å². The van der Waals surface area contributed by atoms with Crippen LogP contribution in [0.2, 0.25) is 5.02 Å². The number of hydrogen-bond acceptors (Lipinski definition) is 3. The van der Waals surface area contributed by atoms with Crippen LogP contribution in [0.3, 0.4) is 0 Å². The lowest BCUT2D eigenvalue weighted by Gasteiger charge is -2.14. The van der Waals surface area contributed by atoms with Gasteiger partial charge in [0.1, 0.15) is 5.78 Å². The first kappa shape index (κ1) is 14.0. The summed E-state index contributed by atoms with van der Waals surface area (Å²) in [4.78, 5) is 24.5. The van der Waals surface area contributed by atoms with Crippen LogP contribution < -0.4 is 0 Å². The van der Waals surface area contributed by atoms with E-state index in [1.807, 2.05) is 17.5 Å². The average Bonchev–Trinajstić information content (AvgIpc) is 2.88. The van der Waals surface area contributed by atoms with Crippen LogP contribution >= 0.6 is 22.9 Å². The van der Waals surface area contributed by atoms with E-state index in [0.29, 0.717) is 9.90 Å². The van der Waals surface area contributed by atoms with Crippen LogP contribution in [0.5, 0.6) is 0 Å².